The summed E-state index contributed by atoms with van der Waals surface area (Å²) in [4.78, 5) is 29.6. The standard InChI is InChI=1S/C20H27FN4O3/c21-15-3-5-16(6-4-15)24-11-9-23(10-12-24)13-17(26)14-25-18(27)20(22-19(25)28)7-1-2-8-20/h3-6,17,26H,1-2,7-14H2,(H,22,28)/p+1/t17-/m1/s1. The number of benzene rings is 1. The monoisotopic (exact) mass is 391 g/mol. The number of nitrogens with zero attached hydrogens (tertiary/aromatic N) is 2. The van der Waals surface area contributed by atoms with E-state index in [1.54, 1.807) is 12.1 Å². The summed E-state index contributed by atoms with van der Waals surface area (Å²) in [6.45, 7) is 3.88. The first-order valence-electron chi connectivity index (χ1n) is 10.1. The highest BCUT2D eigenvalue weighted by atomic mass is 19.1. The van der Waals surface area contributed by atoms with Crippen LogP contribution in [0.3, 0.4) is 0 Å². The van der Waals surface area contributed by atoms with Crippen LogP contribution in [0, 0.1) is 5.82 Å². The van der Waals surface area contributed by atoms with Crippen molar-refractivity contribution in [1.29, 1.82) is 0 Å². The number of urea groups is 1. The number of rotatable bonds is 5. The predicted octanol–water partition coefficient (Wildman–Crippen LogP) is -0.244. The van der Waals surface area contributed by atoms with Crippen molar-refractivity contribution in [2.75, 3.05) is 44.2 Å². The summed E-state index contributed by atoms with van der Waals surface area (Å²) in [7, 11) is 0. The molecule has 7 nitrogen and oxygen atoms in total. The summed E-state index contributed by atoms with van der Waals surface area (Å²) < 4.78 is 13.1. The molecule has 0 unspecified atom stereocenters. The number of carbonyl (C=O) groups excluding carboxylic acids is 2. The molecule has 3 aliphatic rings. The maximum Gasteiger partial charge on any atom is 0.325 e. The van der Waals surface area contributed by atoms with E-state index in [0.29, 0.717) is 19.4 Å². The van der Waals surface area contributed by atoms with Crippen LogP contribution in [0.25, 0.3) is 0 Å². The molecule has 3 amide bonds. The lowest BCUT2D eigenvalue weighted by Crippen LogP contribution is -3.16. The van der Waals surface area contributed by atoms with Crippen LogP contribution in [0.2, 0.25) is 0 Å². The molecule has 0 bridgehead atoms. The number of piperazine rings is 1. The summed E-state index contributed by atoms with van der Waals surface area (Å²) in [5.41, 5.74) is 0.284. The zero-order valence-corrected chi connectivity index (χ0v) is 16.0. The molecule has 3 N–H and O–H groups in total. The minimum Gasteiger partial charge on any atom is -0.385 e. The Kier molecular flexibility index (Phi) is 5.25. The van der Waals surface area contributed by atoms with Crippen molar-refractivity contribution < 1.29 is 24.0 Å². The van der Waals surface area contributed by atoms with Gasteiger partial charge in [0.25, 0.3) is 5.91 Å². The van der Waals surface area contributed by atoms with E-state index < -0.39 is 11.6 Å². The number of quaternary nitrogens is 1. The number of aliphatic hydroxyl groups excluding tert-OH is 1. The number of β-amino-alcohol motifs (C(OH)–C–C–N with tert-alkyl or cyclic N) is 1. The van der Waals surface area contributed by atoms with Crippen molar-refractivity contribution in [3.63, 3.8) is 0 Å². The third-order valence-electron chi connectivity index (χ3n) is 6.28. The van der Waals surface area contributed by atoms with Gasteiger partial charge in [0.15, 0.2) is 0 Å². The average Bonchev–Trinajstić information content (AvgIpc) is 3.24. The van der Waals surface area contributed by atoms with Crippen molar-refractivity contribution in [3.05, 3.63) is 30.1 Å². The average molecular weight is 391 g/mol. The van der Waals surface area contributed by atoms with Gasteiger partial charge in [0, 0.05) is 5.69 Å². The molecule has 8 heteroatoms. The van der Waals surface area contributed by atoms with Crippen molar-refractivity contribution in [2.45, 2.75) is 37.3 Å². The Balaban J connectivity index is 1.27. The first-order valence-corrected chi connectivity index (χ1v) is 10.1. The number of amides is 3. The zero-order chi connectivity index (χ0) is 19.7. The molecule has 2 aliphatic heterocycles. The van der Waals surface area contributed by atoms with E-state index in [0.717, 1.165) is 44.7 Å². The highest BCUT2D eigenvalue weighted by Gasteiger charge is 2.52. The van der Waals surface area contributed by atoms with Crippen LogP contribution in [0.1, 0.15) is 25.7 Å². The van der Waals surface area contributed by atoms with Gasteiger partial charge in [-0.2, -0.15) is 0 Å². The van der Waals surface area contributed by atoms with Crippen molar-refractivity contribution >= 4 is 17.6 Å². The van der Waals surface area contributed by atoms with Crippen LogP contribution >= 0.6 is 0 Å². The Labute approximate surface area is 164 Å². The van der Waals surface area contributed by atoms with Gasteiger partial charge < -0.3 is 20.2 Å². The largest absolute Gasteiger partial charge is 0.385 e. The van der Waals surface area contributed by atoms with Crippen LogP contribution in [-0.2, 0) is 4.79 Å². The number of hydrogen-bond acceptors (Lipinski definition) is 4. The molecule has 4 rings (SSSR count). The normalized spacial score (nSPS) is 23.5. The minimum absolute atomic E-state index is 0.0532. The second-order valence-corrected chi connectivity index (χ2v) is 8.21. The third-order valence-corrected chi connectivity index (χ3v) is 6.28. The lowest BCUT2D eigenvalue weighted by Gasteiger charge is -2.34. The van der Waals surface area contributed by atoms with Crippen LogP contribution in [0.4, 0.5) is 14.9 Å². The predicted molar refractivity (Wildman–Crippen MR) is 102 cm³/mol. The molecular weight excluding hydrogens is 363 g/mol. The lowest BCUT2D eigenvalue weighted by molar-refractivity contribution is -0.903. The molecule has 152 valence electrons. The topological polar surface area (TPSA) is 77.3 Å². The molecule has 1 atom stereocenters. The SMILES string of the molecule is O=C1NC2(CCCC2)C(=O)N1C[C@H](O)C[NH+]1CCN(c2ccc(F)cc2)CC1. The highest BCUT2D eigenvalue weighted by molar-refractivity contribution is 6.07. The summed E-state index contributed by atoms with van der Waals surface area (Å²) in [5, 5.41) is 13.3. The van der Waals surface area contributed by atoms with Gasteiger partial charge in [0.1, 0.15) is 24.0 Å². The quantitative estimate of drug-likeness (QED) is 0.606. The van der Waals surface area contributed by atoms with E-state index in [9.17, 15) is 19.1 Å². The molecule has 2 heterocycles. The summed E-state index contributed by atoms with van der Waals surface area (Å²) >= 11 is 0. The molecule has 1 spiro atoms. The van der Waals surface area contributed by atoms with Crippen LogP contribution < -0.4 is 15.1 Å². The van der Waals surface area contributed by atoms with Gasteiger partial charge in [-0.25, -0.2) is 9.18 Å². The molecule has 0 radical (unpaired) electrons. The van der Waals surface area contributed by atoms with E-state index in [2.05, 4.69) is 10.2 Å². The zero-order valence-electron chi connectivity index (χ0n) is 16.0. The van der Waals surface area contributed by atoms with Gasteiger partial charge in [0.05, 0.1) is 32.7 Å². The molecule has 0 aromatic heterocycles. The molecular formula is C20H28FN4O3+. The maximum absolute atomic E-state index is 13.1. The number of nitrogens with one attached hydrogen (secondary N) is 2. The van der Waals surface area contributed by atoms with E-state index in [-0.39, 0.29) is 24.3 Å². The summed E-state index contributed by atoms with van der Waals surface area (Å²) in [6, 6.07) is 6.13. The fraction of sp³-hybridized carbons (Fsp3) is 0.600. The molecule has 3 fully saturated rings. The van der Waals surface area contributed by atoms with Gasteiger partial charge in [-0.05, 0) is 37.1 Å². The second kappa shape index (κ2) is 7.67. The van der Waals surface area contributed by atoms with E-state index in [1.165, 1.54) is 21.9 Å². The summed E-state index contributed by atoms with van der Waals surface area (Å²) in [6.07, 6.45) is 2.55. The van der Waals surface area contributed by atoms with Gasteiger partial charge in [-0.1, -0.05) is 12.8 Å². The van der Waals surface area contributed by atoms with Gasteiger partial charge in [0.2, 0.25) is 0 Å². The molecule has 1 saturated carbocycles. The summed E-state index contributed by atoms with van der Waals surface area (Å²) in [5.74, 6) is -0.416. The fourth-order valence-electron chi connectivity index (χ4n) is 4.71. The first kappa shape index (κ1) is 19.1. The van der Waals surface area contributed by atoms with Gasteiger partial charge in [-0.15, -0.1) is 0 Å². The number of carbonyl (C=O) groups is 2. The third kappa shape index (κ3) is 3.71. The lowest BCUT2D eigenvalue weighted by atomic mass is 9.98. The number of halogens is 1. The number of imide groups is 1. The Bertz CT molecular complexity index is 727. The van der Waals surface area contributed by atoms with E-state index >= 15 is 0 Å². The Morgan fingerprint density at radius 3 is 2.43 bits per heavy atom. The molecule has 2 saturated heterocycles. The van der Waals surface area contributed by atoms with Crippen molar-refractivity contribution in [3.8, 4) is 0 Å². The van der Waals surface area contributed by atoms with E-state index in [1.807, 2.05) is 0 Å². The number of aliphatic hydroxyl groups is 1. The Morgan fingerprint density at radius 2 is 1.79 bits per heavy atom. The van der Waals surface area contributed by atoms with Gasteiger partial charge >= 0.3 is 6.03 Å². The van der Waals surface area contributed by atoms with E-state index in [4.69, 9.17) is 0 Å². The molecule has 28 heavy (non-hydrogen) atoms. The number of hydrogen-bond donors (Lipinski definition) is 3. The van der Waals surface area contributed by atoms with Crippen LogP contribution in [0.5, 0.6) is 0 Å². The molecule has 1 aromatic rings. The van der Waals surface area contributed by atoms with Crippen LogP contribution in [-0.4, -0.2) is 72.9 Å². The molecule has 1 aromatic carbocycles. The first-order chi connectivity index (χ1) is 13.5. The molecule has 1 aliphatic carbocycles. The number of anilines is 1. The Morgan fingerprint density at radius 1 is 1.14 bits per heavy atom. The smallest absolute Gasteiger partial charge is 0.325 e. The Hall–Kier alpha value is -2.19. The van der Waals surface area contributed by atoms with Crippen molar-refractivity contribution in [1.82, 2.24) is 10.2 Å². The second-order valence-electron chi connectivity index (χ2n) is 8.21. The fourth-order valence-corrected chi connectivity index (χ4v) is 4.71. The van der Waals surface area contributed by atoms with Crippen molar-refractivity contribution in [2.24, 2.45) is 0 Å². The van der Waals surface area contributed by atoms with Gasteiger partial charge in [-0.3, -0.25) is 9.69 Å². The maximum atomic E-state index is 13.1. The van der Waals surface area contributed by atoms with Crippen LogP contribution in [0.15, 0.2) is 24.3 Å². The minimum atomic E-state index is -0.737. The highest BCUT2D eigenvalue weighted by Crippen LogP contribution is 2.34.